The molecule has 0 radical (unpaired) electrons. The van der Waals surface area contributed by atoms with E-state index in [1.54, 1.807) is 23.0 Å². The van der Waals surface area contributed by atoms with Crippen LogP contribution in [-0.2, 0) is 6.54 Å². The summed E-state index contributed by atoms with van der Waals surface area (Å²) in [7, 11) is 0. The summed E-state index contributed by atoms with van der Waals surface area (Å²) < 4.78 is 7.62. The summed E-state index contributed by atoms with van der Waals surface area (Å²) in [6, 6.07) is 14.9. The number of ether oxygens (including phenoxy) is 1. The van der Waals surface area contributed by atoms with Gasteiger partial charge in [-0.05, 0) is 18.1 Å². The van der Waals surface area contributed by atoms with Crippen molar-refractivity contribution in [3.8, 4) is 17.4 Å². The van der Waals surface area contributed by atoms with E-state index in [2.05, 4.69) is 4.98 Å². The van der Waals surface area contributed by atoms with Gasteiger partial charge in [0.25, 0.3) is 0 Å². The molecule has 26 heavy (non-hydrogen) atoms. The molecule has 0 bridgehead atoms. The first kappa shape index (κ1) is 16.4. The molecule has 0 aliphatic carbocycles. The average molecular weight is 349 g/mol. The maximum atomic E-state index is 9.82. The van der Waals surface area contributed by atoms with Gasteiger partial charge in [-0.25, -0.2) is 4.98 Å². The zero-order chi connectivity index (χ0) is 18.1. The van der Waals surface area contributed by atoms with Gasteiger partial charge in [-0.2, -0.15) is 0 Å². The highest BCUT2D eigenvalue weighted by Gasteiger charge is 2.32. The van der Waals surface area contributed by atoms with Crippen LogP contribution in [0.5, 0.6) is 17.4 Å². The van der Waals surface area contributed by atoms with Crippen molar-refractivity contribution in [2.45, 2.75) is 18.9 Å². The molecule has 3 N–H and O–H groups in total. The third-order valence-electron chi connectivity index (χ3n) is 4.58. The third kappa shape index (κ3) is 2.74. The van der Waals surface area contributed by atoms with E-state index < -0.39 is 0 Å². The van der Waals surface area contributed by atoms with Crippen molar-refractivity contribution in [3.63, 3.8) is 0 Å². The molecule has 3 aromatic rings. The van der Waals surface area contributed by atoms with Gasteiger partial charge in [0.05, 0.1) is 5.56 Å². The number of aromatic nitrogens is 2. The molecule has 4 rings (SSSR count). The van der Waals surface area contributed by atoms with E-state index in [9.17, 15) is 5.11 Å². The number of aryl methyl sites for hydroxylation is 1. The Morgan fingerprint density at radius 1 is 1.15 bits per heavy atom. The quantitative estimate of drug-likeness (QED) is 0.528. The highest BCUT2D eigenvalue weighted by Crippen LogP contribution is 2.45. The maximum absolute atomic E-state index is 9.82. The molecule has 1 aliphatic rings. The van der Waals surface area contributed by atoms with Crippen LogP contribution >= 0.6 is 0 Å². The number of aromatic hydroxyl groups is 1. The predicted molar refractivity (Wildman–Crippen MR) is 95.4 cm³/mol. The molecule has 0 fully saturated rings. The fourth-order valence-electron chi connectivity index (χ4n) is 3.36. The summed E-state index contributed by atoms with van der Waals surface area (Å²) in [6.45, 7) is 0.573. The lowest BCUT2D eigenvalue weighted by atomic mass is 9.84. The van der Waals surface area contributed by atoms with Gasteiger partial charge in [-0.15, -0.1) is 0 Å². The lowest BCUT2D eigenvalue weighted by Crippen LogP contribution is -2.30. The molecule has 6 heteroatoms. The minimum Gasteiger partial charge on any atom is -0.508 e. The molecule has 0 saturated heterocycles. The molecule has 2 heterocycles. The first-order valence-electron chi connectivity index (χ1n) is 8.49. The van der Waals surface area contributed by atoms with Gasteiger partial charge in [0.1, 0.15) is 23.3 Å². The van der Waals surface area contributed by atoms with Crippen molar-refractivity contribution in [1.82, 2.24) is 9.55 Å². The molecule has 0 saturated carbocycles. The van der Waals surface area contributed by atoms with Gasteiger partial charge >= 0.3 is 0 Å². The van der Waals surface area contributed by atoms with Gasteiger partial charge < -0.3 is 19.5 Å². The van der Waals surface area contributed by atoms with Crippen molar-refractivity contribution >= 4 is 0 Å². The van der Waals surface area contributed by atoms with Crippen molar-refractivity contribution in [3.05, 3.63) is 77.0 Å². The molecule has 132 valence electrons. The lowest BCUT2D eigenvalue weighted by Gasteiger charge is -2.28. The Morgan fingerprint density at radius 3 is 2.73 bits per heavy atom. The Hall–Kier alpha value is -3.12. The fraction of sp³-hybridized carbons (Fsp3) is 0.200. The third-order valence-corrected chi connectivity index (χ3v) is 4.58. The highest BCUT2D eigenvalue weighted by molar-refractivity contribution is 5.57. The smallest absolute Gasteiger partial charge is 0.228 e. The Labute approximate surface area is 150 Å². The van der Waals surface area contributed by atoms with Crippen LogP contribution in [-0.4, -0.2) is 26.4 Å². The molecular formula is C20H19N3O3. The second-order valence-corrected chi connectivity index (χ2v) is 6.25. The number of hydrogen-bond donors (Lipinski definition) is 3. The van der Waals surface area contributed by atoms with Gasteiger partial charge in [0.2, 0.25) is 5.88 Å². The fourth-order valence-corrected chi connectivity index (χ4v) is 3.36. The van der Waals surface area contributed by atoms with Crippen LogP contribution in [0.15, 0.2) is 54.9 Å². The molecule has 1 aliphatic heterocycles. The van der Waals surface area contributed by atoms with Crippen LogP contribution in [0.1, 0.15) is 29.0 Å². The second kappa shape index (κ2) is 6.65. The number of aliphatic hydroxyl groups is 1. The predicted octanol–water partition coefficient (Wildman–Crippen LogP) is 2.74. The van der Waals surface area contributed by atoms with Gasteiger partial charge in [0.15, 0.2) is 0 Å². The second-order valence-electron chi connectivity index (χ2n) is 6.25. The summed E-state index contributed by atoms with van der Waals surface area (Å²) in [5, 5.41) is 27.6. The number of fused-ring (bicyclic) bond motifs is 2. The number of phenols is 1. The number of hydrogen-bond acceptors (Lipinski definition) is 5. The summed E-state index contributed by atoms with van der Waals surface area (Å²) in [4.78, 5) is 4.39. The van der Waals surface area contributed by atoms with Crippen LogP contribution < -0.4 is 10.2 Å². The zero-order valence-corrected chi connectivity index (χ0v) is 14.1. The summed E-state index contributed by atoms with van der Waals surface area (Å²) in [5.74, 6) is 0.838. The Balaban J connectivity index is 1.94. The standard InChI is InChI=1S/C20H19N3O3/c21-19-18-17(13-5-2-1-3-6-13)15-8-7-14(25)11-16(15)26-20(18)22-12-23(19)9-4-10-24/h1-3,5-8,11-12,17,21,24-25H,4,9-10H2. The minimum absolute atomic E-state index is 0.0598. The van der Waals surface area contributed by atoms with Crippen LogP contribution in [0, 0.1) is 5.41 Å². The van der Waals surface area contributed by atoms with Crippen molar-refractivity contribution in [2.24, 2.45) is 0 Å². The Morgan fingerprint density at radius 2 is 1.96 bits per heavy atom. The van der Waals surface area contributed by atoms with Crippen molar-refractivity contribution < 1.29 is 14.9 Å². The Bertz CT molecular complexity index is 999. The SMILES string of the molecule is N=c1c2c(ncn1CCCO)Oc1cc(O)ccc1C2c1ccccc1. The van der Waals surface area contributed by atoms with Gasteiger partial charge in [-0.3, -0.25) is 5.41 Å². The van der Waals surface area contributed by atoms with Crippen molar-refractivity contribution in [1.29, 1.82) is 5.41 Å². The number of benzene rings is 2. The van der Waals surface area contributed by atoms with E-state index in [1.165, 1.54) is 0 Å². The highest BCUT2D eigenvalue weighted by atomic mass is 16.5. The molecule has 0 spiro atoms. The molecule has 6 nitrogen and oxygen atoms in total. The molecule has 2 aromatic carbocycles. The number of rotatable bonds is 4. The average Bonchev–Trinajstić information content (AvgIpc) is 2.66. The zero-order valence-electron chi connectivity index (χ0n) is 14.1. The van der Waals surface area contributed by atoms with E-state index in [1.807, 2.05) is 36.4 Å². The van der Waals surface area contributed by atoms with Crippen LogP contribution in [0.25, 0.3) is 0 Å². The minimum atomic E-state index is -0.211. The first-order valence-corrected chi connectivity index (χ1v) is 8.49. The van der Waals surface area contributed by atoms with E-state index >= 15 is 0 Å². The van der Waals surface area contributed by atoms with E-state index in [4.69, 9.17) is 15.3 Å². The van der Waals surface area contributed by atoms with E-state index in [0.29, 0.717) is 35.6 Å². The number of nitrogens with zero attached hydrogens (tertiary/aromatic N) is 2. The Kier molecular flexibility index (Phi) is 4.18. The number of aliphatic hydroxyl groups excluding tert-OH is 1. The normalized spacial score (nSPS) is 15.0. The number of phenolic OH excluding ortho intramolecular Hbond substituents is 1. The monoisotopic (exact) mass is 349 g/mol. The summed E-state index contributed by atoms with van der Waals surface area (Å²) in [6.07, 6.45) is 2.12. The van der Waals surface area contributed by atoms with Gasteiger partial charge in [0, 0.05) is 30.7 Å². The summed E-state index contributed by atoms with van der Waals surface area (Å²) in [5.41, 5.74) is 2.92. The van der Waals surface area contributed by atoms with E-state index in [0.717, 1.165) is 11.1 Å². The van der Waals surface area contributed by atoms with Crippen molar-refractivity contribution in [2.75, 3.05) is 6.61 Å². The molecule has 1 atom stereocenters. The van der Waals surface area contributed by atoms with Gasteiger partial charge in [-0.1, -0.05) is 36.4 Å². The van der Waals surface area contributed by atoms with Crippen LogP contribution in [0.3, 0.4) is 0 Å². The first-order chi connectivity index (χ1) is 12.7. The molecular weight excluding hydrogens is 330 g/mol. The van der Waals surface area contributed by atoms with E-state index in [-0.39, 0.29) is 18.3 Å². The number of nitrogens with one attached hydrogen (secondary N) is 1. The largest absolute Gasteiger partial charge is 0.508 e. The summed E-state index contributed by atoms with van der Waals surface area (Å²) >= 11 is 0. The van der Waals surface area contributed by atoms with Crippen LogP contribution in [0.2, 0.25) is 0 Å². The maximum Gasteiger partial charge on any atom is 0.228 e. The molecule has 1 aromatic heterocycles. The molecule has 0 amide bonds. The lowest BCUT2D eigenvalue weighted by molar-refractivity contribution is 0.278. The molecule has 1 unspecified atom stereocenters. The van der Waals surface area contributed by atoms with Crippen LogP contribution in [0.4, 0.5) is 0 Å². The topological polar surface area (TPSA) is 91.4 Å².